The molecule has 10 heteroatoms. The summed E-state index contributed by atoms with van der Waals surface area (Å²) in [5.41, 5.74) is 1.85. The third-order valence-corrected chi connectivity index (χ3v) is 5.98. The van der Waals surface area contributed by atoms with Gasteiger partial charge in [-0.2, -0.15) is 0 Å². The number of benzene rings is 2. The third kappa shape index (κ3) is 4.03. The maximum atomic E-state index is 12.3. The minimum Gasteiger partial charge on any atom is -0.360 e. The van der Waals surface area contributed by atoms with Gasteiger partial charge in [0.15, 0.2) is 15.8 Å². The number of nitrogens with zero attached hydrogens (tertiary/aromatic N) is 2. The Labute approximate surface area is 144 Å². The molecule has 0 fully saturated rings. The van der Waals surface area contributed by atoms with E-state index >= 15 is 0 Å². The zero-order valence-corrected chi connectivity index (χ0v) is 14.7. The van der Waals surface area contributed by atoms with Crippen molar-refractivity contribution in [1.82, 2.24) is 10.3 Å². The molecule has 8 nitrogen and oxygen atoms in total. The number of fused-ring (bicyclic) bond motifs is 1. The third-order valence-electron chi connectivity index (χ3n) is 3.42. The highest BCUT2D eigenvalue weighted by Gasteiger charge is 2.17. The lowest BCUT2D eigenvalue weighted by atomic mass is 10.2. The molecule has 25 heavy (non-hydrogen) atoms. The van der Waals surface area contributed by atoms with Crippen molar-refractivity contribution in [2.24, 2.45) is 0 Å². The minimum atomic E-state index is -3.78. The van der Waals surface area contributed by atoms with Crippen LogP contribution in [0.4, 0.5) is 0 Å². The van der Waals surface area contributed by atoms with Gasteiger partial charge in [-0.1, -0.05) is 12.1 Å². The molecule has 3 rings (SSSR count). The van der Waals surface area contributed by atoms with Crippen LogP contribution in [0.1, 0.15) is 5.56 Å². The first-order chi connectivity index (χ1) is 11.8. The number of rotatable bonds is 6. The maximum Gasteiger partial charge on any atom is 0.202 e. The van der Waals surface area contributed by atoms with Crippen LogP contribution in [0.5, 0.6) is 0 Å². The summed E-state index contributed by atoms with van der Waals surface area (Å²) in [5, 5.41) is 7.37. The Kier molecular flexibility index (Phi) is 4.58. The lowest BCUT2D eigenvalue weighted by molar-refractivity contribution is 0.163. The van der Waals surface area contributed by atoms with Crippen LogP contribution in [-0.2, 0) is 31.0 Å². The minimum absolute atomic E-state index is 0.0494. The van der Waals surface area contributed by atoms with Gasteiger partial charge in [-0.15, -0.1) is 0 Å². The van der Waals surface area contributed by atoms with Crippen LogP contribution in [-0.4, -0.2) is 39.3 Å². The second-order valence-electron chi connectivity index (χ2n) is 5.42. The van der Waals surface area contributed by atoms with Gasteiger partial charge in [0.1, 0.15) is 11.0 Å². The normalized spacial score (nSPS) is 12.5. The Hall–Kier alpha value is -2.30. The topological polar surface area (TPSA) is 116 Å². The Morgan fingerprint density at radius 1 is 0.960 bits per heavy atom. The molecule has 0 bridgehead atoms. The summed E-state index contributed by atoms with van der Waals surface area (Å²) >= 11 is 0. The van der Waals surface area contributed by atoms with E-state index in [2.05, 4.69) is 14.9 Å². The van der Waals surface area contributed by atoms with Gasteiger partial charge in [-0.25, -0.2) is 21.5 Å². The summed E-state index contributed by atoms with van der Waals surface area (Å²) < 4.78 is 57.6. The monoisotopic (exact) mass is 382 g/mol. The van der Waals surface area contributed by atoms with E-state index in [1.165, 1.54) is 18.2 Å². The van der Waals surface area contributed by atoms with Gasteiger partial charge in [-0.05, 0) is 46.2 Å². The summed E-state index contributed by atoms with van der Waals surface area (Å²) in [6, 6.07) is 10.3. The van der Waals surface area contributed by atoms with Crippen LogP contribution >= 0.6 is 0 Å². The first-order valence-electron chi connectivity index (χ1n) is 7.07. The predicted octanol–water partition coefficient (Wildman–Crippen LogP) is 1.57. The molecule has 0 unspecified atom stereocenters. The quantitative estimate of drug-likeness (QED) is 0.631. The molecule has 2 aromatic carbocycles. The zero-order valence-electron chi connectivity index (χ0n) is 13.1. The molecule has 0 N–H and O–H groups in total. The summed E-state index contributed by atoms with van der Waals surface area (Å²) in [6.07, 6.45) is 1.02. The van der Waals surface area contributed by atoms with Crippen molar-refractivity contribution < 1.29 is 26.2 Å². The summed E-state index contributed by atoms with van der Waals surface area (Å²) in [7, 11) is -7.27. The second kappa shape index (κ2) is 6.54. The Balaban J connectivity index is 1.71. The van der Waals surface area contributed by atoms with Crippen LogP contribution in [0.3, 0.4) is 0 Å². The van der Waals surface area contributed by atoms with Gasteiger partial charge in [-0.3, -0.25) is 0 Å². The summed E-state index contributed by atoms with van der Waals surface area (Å²) in [4.78, 5) is -0.163. The molecule has 0 amide bonds. The van der Waals surface area contributed by atoms with Crippen molar-refractivity contribution in [2.45, 2.75) is 16.4 Å². The molecule has 3 aromatic rings. The molecular formula is C15H14N2O6S2. The highest BCUT2D eigenvalue weighted by molar-refractivity contribution is 7.91. The molecule has 0 saturated heterocycles. The average Bonchev–Trinajstić information content (AvgIpc) is 3.02. The summed E-state index contributed by atoms with van der Waals surface area (Å²) in [5.74, 6) is -0.574. The van der Waals surface area contributed by atoms with Crippen LogP contribution in [0.15, 0.2) is 56.9 Å². The fourth-order valence-corrected chi connectivity index (χ4v) is 3.93. The highest BCUT2D eigenvalue weighted by atomic mass is 32.2. The molecule has 0 radical (unpaired) electrons. The Morgan fingerprint density at radius 2 is 1.68 bits per heavy atom. The van der Waals surface area contributed by atoms with Crippen LogP contribution < -0.4 is 0 Å². The van der Waals surface area contributed by atoms with Crippen molar-refractivity contribution in [2.75, 3.05) is 12.2 Å². The van der Waals surface area contributed by atoms with E-state index in [4.69, 9.17) is 4.74 Å². The molecule has 0 aliphatic rings. The standard InChI is InChI=1S/C15H14N2O6S2/c1-24(18,19)12-3-2-4-13(8-12)25(20,21)10-22-9-11-5-6-14-15(7-11)17-23-16-14/h2-8H,9-10H2,1H3. The van der Waals surface area contributed by atoms with E-state index in [0.29, 0.717) is 16.6 Å². The molecule has 132 valence electrons. The molecule has 0 atom stereocenters. The average molecular weight is 382 g/mol. The van der Waals surface area contributed by atoms with E-state index in [0.717, 1.165) is 12.3 Å². The van der Waals surface area contributed by atoms with Crippen molar-refractivity contribution in [3.8, 4) is 0 Å². The molecule has 1 heterocycles. The lowest BCUT2D eigenvalue weighted by Gasteiger charge is -2.07. The van der Waals surface area contributed by atoms with Gasteiger partial charge in [0.2, 0.25) is 9.84 Å². The van der Waals surface area contributed by atoms with E-state index in [1.54, 1.807) is 18.2 Å². The molecular weight excluding hydrogens is 368 g/mol. The predicted molar refractivity (Wildman–Crippen MR) is 88.2 cm³/mol. The van der Waals surface area contributed by atoms with Gasteiger partial charge in [0.05, 0.1) is 16.4 Å². The van der Waals surface area contributed by atoms with Crippen LogP contribution in [0, 0.1) is 0 Å². The fraction of sp³-hybridized carbons (Fsp3) is 0.200. The molecule has 0 spiro atoms. The van der Waals surface area contributed by atoms with Crippen molar-refractivity contribution in [3.63, 3.8) is 0 Å². The van der Waals surface area contributed by atoms with Gasteiger partial charge < -0.3 is 4.74 Å². The van der Waals surface area contributed by atoms with Gasteiger partial charge in [0.25, 0.3) is 0 Å². The Bertz CT molecular complexity index is 1120. The van der Waals surface area contributed by atoms with Crippen LogP contribution in [0.2, 0.25) is 0 Å². The number of ether oxygens (including phenoxy) is 1. The second-order valence-corrected chi connectivity index (χ2v) is 9.37. The number of sulfone groups is 2. The van der Waals surface area contributed by atoms with Crippen molar-refractivity contribution in [1.29, 1.82) is 0 Å². The van der Waals surface area contributed by atoms with E-state index in [9.17, 15) is 16.8 Å². The van der Waals surface area contributed by atoms with E-state index in [1.807, 2.05) is 0 Å². The maximum absolute atomic E-state index is 12.3. The fourth-order valence-electron chi connectivity index (χ4n) is 2.15. The Morgan fingerprint density at radius 3 is 2.44 bits per heavy atom. The largest absolute Gasteiger partial charge is 0.360 e. The lowest BCUT2D eigenvalue weighted by Crippen LogP contribution is -2.11. The van der Waals surface area contributed by atoms with E-state index in [-0.39, 0.29) is 16.4 Å². The van der Waals surface area contributed by atoms with Crippen LogP contribution in [0.25, 0.3) is 11.0 Å². The van der Waals surface area contributed by atoms with Crippen molar-refractivity contribution >= 4 is 30.7 Å². The highest BCUT2D eigenvalue weighted by Crippen LogP contribution is 2.18. The SMILES string of the molecule is CS(=O)(=O)c1cccc(S(=O)(=O)COCc2ccc3nonc3c2)c1. The van der Waals surface area contributed by atoms with Gasteiger partial charge >= 0.3 is 0 Å². The zero-order chi connectivity index (χ0) is 18.1. The number of hydrogen-bond acceptors (Lipinski definition) is 8. The van der Waals surface area contributed by atoms with Crippen molar-refractivity contribution in [3.05, 3.63) is 48.0 Å². The first kappa shape index (κ1) is 17.5. The number of aromatic nitrogens is 2. The van der Waals surface area contributed by atoms with Gasteiger partial charge in [0, 0.05) is 6.26 Å². The molecule has 0 saturated carbocycles. The molecule has 0 aliphatic carbocycles. The molecule has 0 aliphatic heterocycles. The van der Waals surface area contributed by atoms with E-state index < -0.39 is 25.6 Å². The molecule has 1 aromatic heterocycles. The smallest absolute Gasteiger partial charge is 0.202 e. The first-order valence-corrected chi connectivity index (χ1v) is 10.6. The number of hydrogen-bond donors (Lipinski definition) is 0. The summed E-state index contributed by atoms with van der Waals surface area (Å²) in [6.45, 7) is 0.0494.